The van der Waals surface area contributed by atoms with Crippen LogP contribution in [0, 0.1) is 0 Å². The van der Waals surface area contributed by atoms with E-state index in [0.29, 0.717) is 16.7 Å². The molecule has 1 aliphatic carbocycles. The zero-order chi connectivity index (χ0) is 16.4. The number of halogens is 1. The first-order valence-electron chi connectivity index (χ1n) is 8.11. The maximum atomic E-state index is 12.8. The first-order valence-corrected chi connectivity index (χ1v) is 8.49. The van der Waals surface area contributed by atoms with Crippen molar-refractivity contribution in [2.24, 2.45) is 0 Å². The highest BCUT2D eigenvalue weighted by atomic mass is 35.5. The summed E-state index contributed by atoms with van der Waals surface area (Å²) in [5.74, 6) is 0.540. The van der Waals surface area contributed by atoms with Crippen molar-refractivity contribution < 1.29 is 9.21 Å². The van der Waals surface area contributed by atoms with Crippen molar-refractivity contribution in [1.29, 1.82) is 0 Å². The van der Waals surface area contributed by atoms with E-state index in [1.807, 2.05) is 24.3 Å². The summed E-state index contributed by atoms with van der Waals surface area (Å²) in [6.07, 6.45) is 5.09. The lowest BCUT2D eigenvalue weighted by atomic mass is 9.84. The van der Waals surface area contributed by atoms with E-state index < -0.39 is 5.54 Å². The highest BCUT2D eigenvalue weighted by Gasteiger charge is 2.36. The molecule has 0 unspecified atom stereocenters. The summed E-state index contributed by atoms with van der Waals surface area (Å²) >= 11 is 5.99. The van der Waals surface area contributed by atoms with Crippen LogP contribution in [0.25, 0.3) is 0 Å². The van der Waals surface area contributed by atoms with Gasteiger partial charge in [-0.2, -0.15) is 0 Å². The van der Waals surface area contributed by atoms with E-state index in [9.17, 15) is 4.79 Å². The number of nitrogens with one attached hydrogen (secondary N) is 1. The minimum Gasteiger partial charge on any atom is -0.438 e. The molecule has 0 radical (unpaired) electrons. The number of benzene rings is 1. The summed E-state index contributed by atoms with van der Waals surface area (Å²) in [6, 6.07) is 7.65. The number of hydrogen-bond donors (Lipinski definition) is 1. The average Bonchev–Trinajstić information content (AvgIpc) is 3.30. The fourth-order valence-electron chi connectivity index (χ4n) is 3.02. The van der Waals surface area contributed by atoms with Crippen LogP contribution in [0.15, 0.2) is 35.1 Å². The summed E-state index contributed by atoms with van der Waals surface area (Å²) < 4.78 is 5.37. The number of aromatic nitrogens is 1. The van der Waals surface area contributed by atoms with Gasteiger partial charge in [0.25, 0.3) is 5.91 Å². The van der Waals surface area contributed by atoms with Crippen LogP contribution < -0.4 is 5.32 Å². The van der Waals surface area contributed by atoms with E-state index >= 15 is 0 Å². The summed E-state index contributed by atoms with van der Waals surface area (Å²) in [6.45, 7) is 4.14. The Balaban J connectivity index is 1.88. The van der Waals surface area contributed by atoms with Crippen LogP contribution in [0.5, 0.6) is 0 Å². The minimum absolute atomic E-state index is 0.192. The molecule has 3 rings (SSSR count). The van der Waals surface area contributed by atoms with Crippen LogP contribution in [-0.4, -0.2) is 10.9 Å². The molecule has 1 heterocycles. The highest BCUT2D eigenvalue weighted by Crippen LogP contribution is 2.41. The van der Waals surface area contributed by atoms with Gasteiger partial charge >= 0.3 is 0 Å². The molecule has 1 aromatic carbocycles. The summed E-state index contributed by atoms with van der Waals surface area (Å²) in [5.41, 5.74) is 1.40. The van der Waals surface area contributed by atoms with Crippen LogP contribution >= 0.6 is 11.6 Å². The van der Waals surface area contributed by atoms with E-state index in [0.717, 1.165) is 36.9 Å². The van der Waals surface area contributed by atoms with Gasteiger partial charge in [-0.1, -0.05) is 37.6 Å². The van der Waals surface area contributed by atoms with Gasteiger partial charge in [-0.15, -0.1) is 0 Å². The van der Waals surface area contributed by atoms with Crippen LogP contribution in [0.1, 0.15) is 67.3 Å². The maximum Gasteiger partial charge on any atom is 0.289 e. The topological polar surface area (TPSA) is 55.1 Å². The van der Waals surface area contributed by atoms with E-state index in [1.54, 1.807) is 0 Å². The van der Waals surface area contributed by atoms with Crippen molar-refractivity contribution in [3.8, 4) is 0 Å². The number of rotatable bonds is 6. The normalized spacial score (nSPS) is 14.7. The lowest BCUT2D eigenvalue weighted by Gasteiger charge is -2.33. The number of amides is 1. The molecule has 23 heavy (non-hydrogen) atoms. The molecular weight excluding hydrogens is 312 g/mol. The van der Waals surface area contributed by atoms with E-state index in [4.69, 9.17) is 16.0 Å². The third-order valence-electron chi connectivity index (χ3n) is 4.72. The molecule has 0 spiro atoms. The van der Waals surface area contributed by atoms with Gasteiger partial charge in [0.15, 0.2) is 6.39 Å². The number of nitrogens with zero attached hydrogens (tertiary/aromatic N) is 1. The molecule has 1 aromatic heterocycles. The number of hydrogen-bond acceptors (Lipinski definition) is 3. The van der Waals surface area contributed by atoms with Gasteiger partial charge in [0.1, 0.15) is 0 Å². The quantitative estimate of drug-likeness (QED) is 0.837. The second-order valence-corrected chi connectivity index (χ2v) is 6.53. The average molecular weight is 333 g/mol. The molecule has 1 N–H and O–H groups in total. The van der Waals surface area contributed by atoms with Crippen molar-refractivity contribution >= 4 is 17.5 Å². The molecule has 0 aliphatic heterocycles. The van der Waals surface area contributed by atoms with E-state index in [1.165, 1.54) is 6.39 Å². The van der Waals surface area contributed by atoms with Crippen molar-refractivity contribution in [3.05, 3.63) is 52.7 Å². The molecule has 1 aliphatic rings. The van der Waals surface area contributed by atoms with E-state index in [-0.39, 0.29) is 5.91 Å². The second-order valence-electron chi connectivity index (χ2n) is 6.09. The fourth-order valence-corrected chi connectivity index (χ4v) is 3.15. The number of oxazole rings is 1. The van der Waals surface area contributed by atoms with Gasteiger partial charge in [-0.05, 0) is 43.4 Å². The first-order chi connectivity index (χ1) is 11.1. The Kier molecular flexibility index (Phi) is 4.44. The predicted molar refractivity (Wildman–Crippen MR) is 89.7 cm³/mol. The maximum absolute atomic E-state index is 12.8. The molecule has 0 bridgehead atoms. The minimum atomic E-state index is -0.435. The van der Waals surface area contributed by atoms with Crippen LogP contribution in [0.2, 0.25) is 5.02 Å². The van der Waals surface area contributed by atoms with Crippen molar-refractivity contribution in [3.63, 3.8) is 0 Å². The SMILES string of the molecule is CCC(CC)(NC(=O)c1ocnc1C1CC1)c1ccc(Cl)cc1. The van der Waals surface area contributed by atoms with Gasteiger partial charge < -0.3 is 9.73 Å². The summed E-state index contributed by atoms with van der Waals surface area (Å²) in [4.78, 5) is 17.0. The zero-order valence-corrected chi connectivity index (χ0v) is 14.2. The lowest BCUT2D eigenvalue weighted by molar-refractivity contribution is 0.0859. The lowest BCUT2D eigenvalue weighted by Crippen LogP contribution is -2.45. The van der Waals surface area contributed by atoms with E-state index in [2.05, 4.69) is 24.1 Å². The molecule has 0 saturated heterocycles. The Labute approximate surface area is 141 Å². The molecule has 1 amide bonds. The number of carbonyl (C=O) groups excluding carboxylic acids is 1. The molecule has 0 atom stereocenters. The second kappa shape index (κ2) is 6.36. The van der Waals surface area contributed by atoms with Gasteiger partial charge in [0.05, 0.1) is 11.2 Å². The Hall–Kier alpha value is -1.81. The largest absolute Gasteiger partial charge is 0.438 e. The Morgan fingerprint density at radius 2 is 1.96 bits per heavy atom. The fraction of sp³-hybridized carbons (Fsp3) is 0.444. The predicted octanol–water partition coefficient (Wildman–Crippen LogP) is 4.65. The molecule has 122 valence electrons. The molecular formula is C18H21ClN2O2. The highest BCUT2D eigenvalue weighted by molar-refractivity contribution is 6.30. The van der Waals surface area contributed by atoms with Crippen LogP contribution in [0.4, 0.5) is 0 Å². The first kappa shape index (κ1) is 16.1. The zero-order valence-electron chi connectivity index (χ0n) is 13.4. The number of carbonyl (C=O) groups is 1. The summed E-state index contributed by atoms with van der Waals surface area (Å²) in [7, 11) is 0. The molecule has 1 fully saturated rings. The molecule has 5 heteroatoms. The van der Waals surface area contributed by atoms with Gasteiger partial charge in [-0.25, -0.2) is 4.98 Å². The molecule has 2 aromatic rings. The van der Waals surface area contributed by atoms with Crippen LogP contribution in [-0.2, 0) is 5.54 Å². The molecule has 1 saturated carbocycles. The van der Waals surface area contributed by atoms with Crippen molar-refractivity contribution in [2.75, 3.05) is 0 Å². The van der Waals surface area contributed by atoms with Gasteiger partial charge in [-0.3, -0.25) is 4.79 Å². The van der Waals surface area contributed by atoms with Crippen molar-refractivity contribution in [2.45, 2.75) is 51.0 Å². The standard InChI is InChI=1S/C18H21ClN2O2/c1-3-18(4-2,13-7-9-14(19)10-8-13)21-17(22)16-15(12-5-6-12)20-11-23-16/h7-12H,3-6H2,1-2H3,(H,21,22). The van der Waals surface area contributed by atoms with Gasteiger partial charge in [0.2, 0.25) is 5.76 Å². The summed E-state index contributed by atoms with van der Waals surface area (Å²) in [5, 5.41) is 3.86. The molecule has 4 nitrogen and oxygen atoms in total. The Morgan fingerprint density at radius 3 is 2.52 bits per heavy atom. The monoisotopic (exact) mass is 332 g/mol. The Morgan fingerprint density at radius 1 is 1.30 bits per heavy atom. The van der Waals surface area contributed by atoms with Crippen molar-refractivity contribution in [1.82, 2.24) is 10.3 Å². The third-order valence-corrected chi connectivity index (χ3v) is 4.97. The van der Waals surface area contributed by atoms with Crippen LogP contribution in [0.3, 0.4) is 0 Å². The van der Waals surface area contributed by atoms with Gasteiger partial charge in [0, 0.05) is 10.9 Å². The third kappa shape index (κ3) is 3.13. The smallest absolute Gasteiger partial charge is 0.289 e. The Bertz CT molecular complexity index is 685.